The van der Waals surface area contributed by atoms with Crippen LogP contribution in [0.15, 0.2) is 41.8 Å². The van der Waals surface area contributed by atoms with E-state index in [9.17, 15) is 0 Å². The molecule has 0 amide bonds. The van der Waals surface area contributed by atoms with Crippen molar-refractivity contribution >= 4 is 11.3 Å². The van der Waals surface area contributed by atoms with Crippen LogP contribution in [-0.2, 0) is 13.1 Å². The van der Waals surface area contributed by atoms with Crippen molar-refractivity contribution in [2.45, 2.75) is 26.1 Å². The van der Waals surface area contributed by atoms with Gasteiger partial charge in [-0.25, -0.2) is 0 Å². The summed E-state index contributed by atoms with van der Waals surface area (Å²) in [5, 5.41) is 5.64. The van der Waals surface area contributed by atoms with Gasteiger partial charge in [0.15, 0.2) is 0 Å². The van der Waals surface area contributed by atoms with Crippen LogP contribution < -0.4 is 10.1 Å². The summed E-state index contributed by atoms with van der Waals surface area (Å²) in [6.45, 7) is 5.15. The van der Waals surface area contributed by atoms with Crippen LogP contribution in [0.2, 0.25) is 0 Å². The van der Waals surface area contributed by atoms with Gasteiger partial charge < -0.3 is 10.1 Å². The van der Waals surface area contributed by atoms with Crippen molar-refractivity contribution in [3.05, 3.63) is 52.2 Å². The normalized spacial score (nSPS) is 12.6. The Morgan fingerprint density at radius 1 is 1.24 bits per heavy atom. The van der Waals surface area contributed by atoms with Crippen LogP contribution in [0.25, 0.3) is 0 Å². The van der Waals surface area contributed by atoms with E-state index in [2.05, 4.69) is 53.8 Å². The van der Waals surface area contributed by atoms with E-state index >= 15 is 0 Å². The van der Waals surface area contributed by atoms with E-state index in [0.29, 0.717) is 6.04 Å². The van der Waals surface area contributed by atoms with Crippen LogP contribution in [0, 0.1) is 0 Å². The molecule has 0 aliphatic rings. The van der Waals surface area contributed by atoms with Crippen molar-refractivity contribution < 1.29 is 4.74 Å². The quantitative estimate of drug-likeness (QED) is 0.809. The number of likely N-dealkylation sites (N-methyl/N-ethyl adjacent to an activating group) is 1. The minimum absolute atomic E-state index is 0.493. The van der Waals surface area contributed by atoms with Crippen LogP contribution in [0.3, 0.4) is 0 Å². The smallest absolute Gasteiger partial charge is 0.118 e. The Hall–Kier alpha value is -1.36. The zero-order valence-electron chi connectivity index (χ0n) is 13.0. The number of nitrogens with one attached hydrogen (secondary N) is 1. The van der Waals surface area contributed by atoms with Gasteiger partial charge in [-0.05, 0) is 43.1 Å². The molecule has 21 heavy (non-hydrogen) atoms. The summed E-state index contributed by atoms with van der Waals surface area (Å²) >= 11 is 1.80. The first-order valence-corrected chi connectivity index (χ1v) is 8.13. The van der Waals surface area contributed by atoms with Crippen LogP contribution >= 0.6 is 11.3 Å². The van der Waals surface area contributed by atoms with Gasteiger partial charge in [0.2, 0.25) is 0 Å². The third-order valence-electron chi connectivity index (χ3n) is 3.66. The van der Waals surface area contributed by atoms with Crippen LogP contribution in [0.5, 0.6) is 5.75 Å². The lowest BCUT2D eigenvalue weighted by molar-refractivity contribution is 0.242. The third-order valence-corrected chi connectivity index (χ3v) is 4.54. The molecular weight excluding hydrogens is 280 g/mol. The fraction of sp³-hybridized carbons (Fsp3) is 0.412. The predicted molar refractivity (Wildman–Crippen MR) is 89.9 cm³/mol. The summed E-state index contributed by atoms with van der Waals surface area (Å²) in [4.78, 5) is 3.75. The molecule has 0 spiro atoms. The van der Waals surface area contributed by atoms with Gasteiger partial charge in [0.25, 0.3) is 0 Å². The van der Waals surface area contributed by atoms with Crippen molar-refractivity contribution in [2.24, 2.45) is 0 Å². The molecule has 1 N–H and O–H groups in total. The Morgan fingerprint density at radius 2 is 2.00 bits per heavy atom. The van der Waals surface area contributed by atoms with E-state index in [0.717, 1.165) is 25.4 Å². The monoisotopic (exact) mass is 304 g/mol. The molecule has 0 saturated heterocycles. The fourth-order valence-electron chi connectivity index (χ4n) is 2.15. The molecule has 3 nitrogen and oxygen atoms in total. The van der Waals surface area contributed by atoms with E-state index in [1.54, 1.807) is 18.4 Å². The zero-order chi connectivity index (χ0) is 15.1. The van der Waals surface area contributed by atoms with Crippen LogP contribution in [-0.4, -0.2) is 31.6 Å². The lowest BCUT2D eigenvalue weighted by Crippen LogP contribution is -2.37. The van der Waals surface area contributed by atoms with Crippen molar-refractivity contribution in [2.75, 3.05) is 20.7 Å². The highest BCUT2D eigenvalue weighted by molar-refractivity contribution is 7.09. The number of ether oxygens (including phenoxy) is 1. The van der Waals surface area contributed by atoms with Crippen LogP contribution in [0.1, 0.15) is 17.4 Å². The number of rotatable bonds is 8. The Bertz CT molecular complexity index is 510. The summed E-state index contributed by atoms with van der Waals surface area (Å²) in [6, 6.07) is 13.0. The molecule has 1 aromatic heterocycles. The summed E-state index contributed by atoms with van der Waals surface area (Å²) in [6.07, 6.45) is 0. The van der Waals surface area contributed by atoms with E-state index in [-0.39, 0.29) is 0 Å². The molecule has 1 heterocycles. The van der Waals surface area contributed by atoms with Gasteiger partial charge in [-0.15, -0.1) is 11.3 Å². The molecule has 1 aromatic carbocycles. The van der Waals surface area contributed by atoms with Gasteiger partial charge >= 0.3 is 0 Å². The largest absolute Gasteiger partial charge is 0.497 e. The molecule has 0 radical (unpaired) electrons. The third kappa shape index (κ3) is 5.16. The highest BCUT2D eigenvalue weighted by atomic mass is 32.1. The number of thiophene rings is 1. The second kappa shape index (κ2) is 8.17. The van der Waals surface area contributed by atoms with Gasteiger partial charge in [0.1, 0.15) is 5.75 Å². The Morgan fingerprint density at radius 3 is 2.62 bits per heavy atom. The number of hydrogen-bond donors (Lipinski definition) is 1. The molecular formula is C17H24N2OS. The first-order valence-electron chi connectivity index (χ1n) is 7.25. The second-order valence-electron chi connectivity index (χ2n) is 5.32. The lowest BCUT2D eigenvalue weighted by Gasteiger charge is -2.25. The minimum atomic E-state index is 0.493. The van der Waals surface area contributed by atoms with Crippen LogP contribution in [0.4, 0.5) is 0 Å². The van der Waals surface area contributed by atoms with Crippen molar-refractivity contribution in [3.63, 3.8) is 0 Å². The van der Waals surface area contributed by atoms with Gasteiger partial charge in [-0.2, -0.15) is 0 Å². The molecule has 0 aliphatic carbocycles. The van der Waals surface area contributed by atoms with E-state index in [1.807, 2.05) is 12.1 Å². The highest BCUT2D eigenvalue weighted by Crippen LogP contribution is 2.13. The Kier molecular flexibility index (Phi) is 6.23. The Balaban J connectivity index is 1.74. The van der Waals surface area contributed by atoms with E-state index in [4.69, 9.17) is 4.74 Å². The Labute approximate surface area is 131 Å². The maximum Gasteiger partial charge on any atom is 0.118 e. The van der Waals surface area contributed by atoms with Crippen molar-refractivity contribution in [1.82, 2.24) is 10.2 Å². The van der Waals surface area contributed by atoms with Gasteiger partial charge in [0, 0.05) is 30.6 Å². The molecule has 2 rings (SSSR count). The summed E-state index contributed by atoms with van der Waals surface area (Å²) in [5.41, 5.74) is 1.31. The summed E-state index contributed by atoms with van der Waals surface area (Å²) in [5.74, 6) is 0.909. The highest BCUT2D eigenvalue weighted by Gasteiger charge is 2.09. The van der Waals surface area contributed by atoms with Gasteiger partial charge in [-0.1, -0.05) is 18.2 Å². The number of methoxy groups -OCH3 is 1. The topological polar surface area (TPSA) is 24.5 Å². The molecule has 0 bridgehead atoms. The molecule has 114 valence electrons. The second-order valence-corrected chi connectivity index (χ2v) is 6.35. The maximum atomic E-state index is 5.19. The SMILES string of the molecule is COc1ccc(CN(C)C(C)CNCc2cccs2)cc1. The zero-order valence-corrected chi connectivity index (χ0v) is 13.8. The van der Waals surface area contributed by atoms with Crippen molar-refractivity contribution in [1.29, 1.82) is 0 Å². The van der Waals surface area contributed by atoms with E-state index in [1.165, 1.54) is 10.4 Å². The standard InChI is InChI=1S/C17H24N2OS/c1-14(11-18-12-17-5-4-10-21-17)19(2)13-15-6-8-16(20-3)9-7-15/h4-10,14,18H,11-13H2,1-3H3. The number of benzene rings is 1. The summed E-state index contributed by atoms with van der Waals surface area (Å²) < 4.78 is 5.19. The molecule has 4 heteroatoms. The molecule has 1 atom stereocenters. The average Bonchev–Trinajstić information content (AvgIpc) is 3.01. The molecule has 0 saturated carbocycles. The van der Waals surface area contributed by atoms with E-state index < -0.39 is 0 Å². The average molecular weight is 304 g/mol. The van der Waals surface area contributed by atoms with Gasteiger partial charge in [0.05, 0.1) is 7.11 Å². The predicted octanol–water partition coefficient (Wildman–Crippen LogP) is 3.37. The van der Waals surface area contributed by atoms with Gasteiger partial charge in [-0.3, -0.25) is 4.90 Å². The molecule has 0 aliphatic heterocycles. The maximum absolute atomic E-state index is 5.19. The molecule has 1 unspecified atom stereocenters. The molecule has 0 fully saturated rings. The first-order chi connectivity index (χ1) is 10.2. The lowest BCUT2D eigenvalue weighted by atomic mass is 10.2. The molecule has 2 aromatic rings. The van der Waals surface area contributed by atoms with Crippen molar-refractivity contribution in [3.8, 4) is 5.75 Å². The minimum Gasteiger partial charge on any atom is -0.497 e. The fourth-order valence-corrected chi connectivity index (χ4v) is 2.82. The summed E-state index contributed by atoms with van der Waals surface area (Å²) in [7, 11) is 3.87. The number of hydrogen-bond acceptors (Lipinski definition) is 4. The first kappa shape index (κ1) is 16.0. The number of nitrogens with zero attached hydrogens (tertiary/aromatic N) is 1.